The summed E-state index contributed by atoms with van der Waals surface area (Å²) in [5.41, 5.74) is -0.786. The Labute approximate surface area is 153 Å². The molecule has 9 heteroatoms. The van der Waals surface area contributed by atoms with Crippen LogP contribution in [0.4, 0.5) is 0 Å². The van der Waals surface area contributed by atoms with E-state index in [1.165, 1.54) is 12.3 Å². The highest BCUT2D eigenvalue weighted by atomic mass is 32.3. The third kappa shape index (κ3) is 3.36. The number of carbonyl (C=O) groups is 1. The third-order valence-corrected chi connectivity index (χ3v) is 6.76. The smallest absolute Gasteiger partial charge is 0.272 e. The van der Waals surface area contributed by atoms with Crippen LogP contribution in [0.2, 0.25) is 0 Å². The second-order valence-electron chi connectivity index (χ2n) is 7.17. The van der Waals surface area contributed by atoms with Crippen LogP contribution < -0.4 is 9.46 Å². The minimum Gasteiger partial charge on any atom is -0.593 e. The van der Waals surface area contributed by atoms with Crippen LogP contribution in [0.3, 0.4) is 0 Å². The second kappa shape index (κ2) is 6.88. The number of ether oxygens (including phenoxy) is 2. The molecular weight excluding hydrogens is 358 g/mol. The Hall–Kier alpha value is -1.55. The summed E-state index contributed by atoms with van der Waals surface area (Å²) in [5, 5.41) is 0. The summed E-state index contributed by atoms with van der Waals surface area (Å²) in [7, 11) is -3.67. The Morgan fingerprint density at radius 2 is 2.23 bits per heavy atom. The Bertz CT molecular complexity index is 739. The molecule has 0 aliphatic carbocycles. The Balaban J connectivity index is 1.56. The van der Waals surface area contributed by atoms with Crippen LogP contribution in [-0.4, -0.2) is 58.8 Å². The van der Waals surface area contributed by atoms with Gasteiger partial charge in [-0.1, -0.05) is 4.21 Å². The van der Waals surface area contributed by atoms with Gasteiger partial charge in [-0.05, 0) is 31.7 Å². The lowest BCUT2D eigenvalue weighted by Gasteiger charge is -2.42. The standard InChI is InChI=1S/C17H23N3O5S/c21-16(13-4-9-24-10-5-13)20-8-2-6-17(12-20)11-19-26(22,23)14-3-1-7-18-15(14)25-17/h1,3,7,13H,2,4-6,8-12H2,(H-,19,22,23). The van der Waals surface area contributed by atoms with Gasteiger partial charge in [0.25, 0.3) is 5.88 Å². The van der Waals surface area contributed by atoms with Crippen LogP contribution in [-0.2, 0) is 24.1 Å². The van der Waals surface area contributed by atoms with Gasteiger partial charge in [-0.25, -0.2) is 4.98 Å². The summed E-state index contributed by atoms with van der Waals surface area (Å²) in [5.74, 6) is 0.203. The largest absolute Gasteiger partial charge is 0.593 e. The van der Waals surface area contributed by atoms with E-state index in [1.54, 1.807) is 6.07 Å². The van der Waals surface area contributed by atoms with Crippen molar-refractivity contribution in [2.75, 3.05) is 32.8 Å². The Morgan fingerprint density at radius 1 is 1.42 bits per heavy atom. The Morgan fingerprint density at radius 3 is 3.04 bits per heavy atom. The number of hydrogen-bond donors (Lipinski definition) is 1. The van der Waals surface area contributed by atoms with E-state index in [4.69, 9.17) is 9.47 Å². The fourth-order valence-electron chi connectivity index (χ4n) is 3.92. The molecule has 4 rings (SSSR count). The molecule has 2 unspecified atom stereocenters. The van der Waals surface area contributed by atoms with Crippen molar-refractivity contribution in [1.82, 2.24) is 14.6 Å². The fourth-order valence-corrected chi connectivity index (χ4v) is 5.11. The van der Waals surface area contributed by atoms with Crippen molar-refractivity contribution in [3.8, 4) is 5.88 Å². The molecule has 0 saturated carbocycles. The molecule has 0 aromatic carbocycles. The van der Waals surface area contributed by atoms with Crippen molar-refractivity contribution >= 4 is 16.3 Å². The highest BCUT2D eigenvalue weighted by Gasteiger charge is 2.46. The van der Waals surface area contributed by atoms with Gasteiger partial charge in [-0.15, -0.1) is 4.72 Å². The molecule has 2 fully saturated rings. The summed E-state index contributed by atoms with van der Waals surface area (Å²) >= 11 is 0. The lowest BCUT2D eigenvalue weighted by molar-refractivity contribution is -0.144. The summed E-state index contributed by atoms with van der Waals surface area (Å²) in [6.07, 6.45) is 4.42. The first-order valence-electron chi connectivity index (χ1n) is 8.99. The van der Waals surface area contributed by atoms with Gasteiger partial charge < -0.3 is 18.9 Å². The number of aromatic nitrogens is 1. The van der Waals surface area contributed by atoms with Gasteiger partial charge in [0.2, 0.25) is 10.8 Å². The van der Waals surface area contributed by atoms with E-state index in [0.717, 1.165) is 19.3 Å². The highest BCUT2D eigenvalue weighted by Crippen LogP contribution is 2.35. The molecule has 1 amide bonds. The predicted molar refractivity (Wildman–Crippen MR) is 92.1 cm³/mol. The molecule has 3 aliphatic rings. The van der Waals surface area contributed by atoms with Crippen molar-refractivity contribution in [2.24, 2.45) is 5.92 Å². The molecule has 8 nitrogen and oxygen atoms in total. The van der Waals surface area contributed by atoms with Gasteiger partial charge in [0.1, 0.15) is 5.60 Å². The lowest BCUT2D eigenvalue weighted by Crippen LogP contribution is -2.59. The van der Waals surface area contributed by atoms with Gasteiger partial charge in [-0.2, -0.15) is 0 Å². The zero-order valence-corrected chi connectivity index (χ0v) is 15.3. The number of sulfonamides is 1. The van der Waals surface area contributed by atoms with E-state index in [9.17, 15) is 13.6 Å². The molecule has 4 heterocycles. The van der Waals surface area contributed by atoms with Crippen molar-refractivity contribution in [3.63, 3.8) is 0 Å². The van der Waals surface area contributed by atoms with Crippen molar-refractivity contribution in [3.05, 3.63) is 18.3 Å². The lowest BCUT2D eigenvalue weighted by atomic mass is 9.90. The van der Waals surface area contributed by atoms with Crippen LogP contribution in [0.5, 0.6) is 5.88 Å². The molecule has 1 aromatic heterocycles. The maximum atomic E-state index is 12.9. The van der Waals surface area contributed by atoms with Crippen molar-refractivity contribution in [2.45, 2.75) is 36.2 Å². The number of piperidine rings is 1. The van der Waals surface area contributed by atoms with Gasteiger partial charge in [-0.3, -0.25) is 4.79 Å². The van der Waals surface area contributed by atoms with Gasteiger partial charge in [0.05, 0.1) is 13.1 Å². The van der Waals surface area contributed by atoms with Crippen LogP contribution in [0.25, 0.3) is 0 Å². The molecular formula is C17H23N3O5S. The third-order valence-electron chi connectivity index (χ3n) is 5.34. The second-order valence-corrected chi connectivity index (χ2v) is 8.90. The number of pyridine rings is 1. The quantitative estimate of drug-likeness (QED) is 0.720. The fraction of sp³-hybridized carbons (Fsp3) is 0.647. The van der Waals surface area contributed by atoms with Gasteiger partial charge in [0, 0.05) is 37.9 Å². The monoisotopic (exact) mass is 381 g/mol. The summed E-state index contributed by atoms with van der Waals surface area (Å²) in [6, 6.07) is 3.05. The molecule has 3 aliphatic heterocycles. The first-order valence-corrected chi connectivity index (χ1v) is 10.5. The number of fused-ring (bicyclic) bond motifs is 1. The number of amides is 1. The van der Waals surface area contributed by atoms with Crippen LogP contribution >= 0.6 is 0 Å². The first kappa shape index (κ1) is 17.8. The number of hydrogen-bond acceptors (Lipinski definition) is 6. The maximum Gasteiger partial charge on any atom is 0.272 e. The zero-order chi connectivity index (χ0) is 18.2. The topological polar surface area (TPSA) is 104 Å². The number of nitrogens with one attached hydrogen (secondary N) is 1. The molecule has 2 saturated heterocycles. The average molecular weight is 381 g/mol. The van der Waals surface area contributed by atoms with E-state index in [0.29, 0.717) is 32.7 Å². The molecule has 1 N–H and O–H groups in total. The minimum atomic E-state index is -3.67. The molecule has 1 aromatic rings. The maximum absolute atomic E-state index is 12.9. The number of rotatable bonds is 1. The zero-order valence-electron chi connectivity index (χ0n) is 14.5. The van der Waals surface area contributed by atoms with E-state index < -0.39 is 16.0 Å². The Kier molecular flexibility index (Phi) is 4.72. The summed E-state index contributed by atoms with van der Waals surface area (Å²) in [6.45, 7) is 2.39. The SMILES string of the molecule is O=C(C1CCOCC1)N1CCCC2(CN[S+](=O)([O-])c3cccnc3O2)C1. The van der Waals surface area contributed by atoms with E-state index in [1.807, 2.05) is 4.90 Å². The molecule has 26 heavy (non-hydrogen) atoms. The highest BCUT2D eigenvalue weighted by molar-refractivity contribution is 7.95. The van der Waals surface area contributed by atoms with E-state index in [-0.39, 0.29) is 29.1 Å². The molecule has 0 radical (unpaired) electrons. The summed E-state index contributed by atoms with van der Waals surface area (Å²) < 4.78 is 39.0. The van der Waals surface area contributed by atoms with Crippen molar-refractivity contribution < 1.29 is 23.0 Å². The molecule has 2 atom stereocenters. The summed E-state index contributed by atoms with van der Waals surface area (Å²) in [4.78, 5) is 18.9. The first-order chi connectivity index (χ1) is 12.5. The van der Waals surface area contributed by atoms with E-state index in [2.05, 4.69) is 9.71 Å². The number of nitrogens with zero attached hydrogens (tertiary/aromatic N) is 2. The van der Waals surface area contributed by atoms with Gasteiger partial charge in [0.15, 0.2) is 10.4 Å². The molecule has 142 valence electrons. The predicted octanol–water partition coefficient (Wildman–Crippen LogP) is 0.755. The van der Waals surface area contributed by atoms with E-state index >= 15 is 0 Å². The van der Waals surface area contributed by atoms with Crippen LogP contribution in [0.15, 0.2) is 23.2 Å². The normalized spacial score (nSPS) is 32.6. The minimum absolute atomic E-state index is 0.0215. The van der Waals surface area contributed by atoms with Gasteiger partial charge >= 0.3 is 0 Å². The molecule has 0 bridgehead atoms. The van der Waals surface area contributed by atoms with Crippen LogP contribution in [0.1, 0.15) is 25.7 Å². The molecule has 1 spiro atoms. The van der Waals surface area contributed by atoms with Crippen molar-refractivity contribution in [1.29, 1.82) is 0 Å². The van der Waals surface area contributed by atoms with Crippen LogP contribution in [0, 0.1) is 5.92 Å². The average Bonchev–Trinajstić information content (AvgIpc) is 2.77. The number of carbonyl (C=O) groups excluding carboxylic acids is 1. The number of likely N-dealkylation sites (tertiary alicyclic amines) is 1.